The molecule has 0 bridgehead atoms. The normalized spacial score (nSPS) is 10.6. The van der Waals surface area contributed by atoms with Crippen LogP contribution in [-0.4, -0.2) is 21.1 Å². The standard InChI is InChI=1S/C13H13FN2OS/c1-16-7-6-15-13(16)8-10(17)9-18-12-5-3-2-4-11(12)14/h2-7H,8-9H2,1H3. The fourth-order valence-electron chi connectivity index (χ4n) is 1.51. The van der Waals surface area contributed by atoms with Crippen molar-refractivity contribution in [3.05, 3.63) is 48.3 Å². The molecule has 0 spiro atoms. The molecule has 0 atom stereocenters. The van der Waals surface area contributed by atoms with Gasteiger partial charge in [-0.25, -0.2) is 9.37 Å². The van der Waals surface area contributed by atoms with Gasteiger partial charge in [-0.2, -0.15) is 0 Å². The molecule has 0 aliphatic rings. The lowest BCUT2D eigenvalue weighted by Gasteiger charge is -2.03. The van der Waals surface area contributed by atoms with Gasteiger partial charge in [0.2, 0.25) is 0 Å². The van der Waals surface area contributed by atoms with Crippen molar-refractivity contribution in [3.8, 4) is 0 Å². The number of aryl methyl sites for hydroxylation is 1. The maximum Gasteiger partial charge on any atom is 0.150 e. The number of thioether (sulfide) groups is 1. The average molecular weight is 264 g/mol. The largest absolute Gasteiger partial charge is 0.338 e. The molecule has 0 saturated heterocycles. The van der Waals surface area contributed by atoms with Gasteiger partial charge in [0.25, 0.3) is 0 Å². The van der Waals surface area contributed by atoms with Crippen LogP contribution in [0.3, 0.4) is 0 Å². The molecule has 2 rings (SSSR count). The van der Waals surface area contributed by atoms with Crippen molar-refractivity contribution in [3.63, 3.8) is 0 Å². The second kappa shape index (κ2) is 5.82. The zero-order valence-corrected chi connectivity index (χ0v) is 10.8. The monoisotopic (exact) mass is 264 g/mol. The van der Waals surface area contributed by atoms with Crippen molar-refractivity contribution in [1.82, 2.24) is 9.55 Å². The van der Waals surface area contributed by atoms with E-state index in [1.807, 2.05) is 11.6 Å². The van der Waals surface area contributed by atoms with Crippen molar-refractivity contribution in [2.75, 3.05) is 5.75 Å². The minimum absolute atomic E-state index is 0.0394. The number of ketones is 1. The molecule has 1 aromatic heterocycles. The minimum Gasteiger partial charge on any atom is -0.338 e. The predicted octanol–water partition coefficient (Wildman–Crippen LogP) is 2.46. The Morgan fingerprint density at radius 2 is 2.22 bits per heavy atom. The Bertz CT molecular complexity index is 553. The van der Waals surface area contributed by atoms with Crippen LogP contribution in [0.15, 0.2) is 41.6 Å². The van der Waals surface area contributed by atoms with Gasteiger partial charge < -0.3 is 4.57 Å². The summed E-state index contributed by atoms with van der Waals surface area (Å²) in [4.78, 5) is 16.3. The first kappa shape index (κ1) is 12.8. The average Bonchev–Trinajstić information content (AvgIpc) is 2.74. The first-order valence-electron chi connectivity index (χ1n) is 5.52. The second-order valence-electron chi connectivity index (χ2n) is 3.89. The second-order valence-corrected chi connectivity index (χ2v) is 4.91. The van der Waals surface area contributed by atoms with Gasteiger partial charge in [0.1, 0.15) is 11.6 Å². The predicted molar refractivity (Wildman–Crippen MR) is 69.0 cm³/mol. The van der Waals surface area contributed by atoms with E-state index in [0.717, 1.165) is 5.82 Å². The smallest absolute Gasteiger partial charge is 0.150 e. The van der Waals surface area contributed by atoms with Gasteiger partial charge in [-0.15, -0.1) is 11.8 Å². The number of aromatic nitrogens is 2. The number of benzene rings is 1. The molecule has 2 aromatic rings. The molecule has 0 N–H and O–H groups in total. The summed E-state index contributed by atoms with van der Waals surface area (Å²) in [5.74, 6) is 0.743. The molecule has 1 heterocycles. The van der Waals surface area contributed by atoms with E-state index in [0.29, 0.717) is 4.90 Å². The Morgan fingerprint density at radius 3 is 2.89 bits per heavy atom. The summed E-state index contributed by atoms with van der Waals surface area (Å²) in [7, 11) is 1.85. The number of hydrogen-bond donors (Lipinski definition) is 0. The summed E-state index contributed by atoms with van der Waals surface area (Å²) in [5.41, 5.74) is 0. The maximum atomic E-state index is 13.3. The van der Waals surface area contributed by atoms with Crippen LogP contribution in [0.25, 0.3) is 0 Å². The molecule has 0 saturated carbocycles. The summed E-state index contributed by atoms with van der Waals surface area (Å²) in [6.07, 6.45) is 3.74. The molecule has 0 unspecified atom stereocenters. The molecule has 0 amide bonds. The van der Waals surface area contributed by atoms with Crippen molar-refractivity contribution in [1.29, 1.82) is 0 Å². The third-order valence-electron chi connectivity index (χ3n) is 2.50. The van der Waals surface area contributed by atoms with E-state index >= 15 is 0 Å². The SMILES string of the molecule is Cn1ccnc1CC(=O)CSc1ccccc1F. The van der Waals surface area contributed by atoms with E-state index in [1.165, 1.54) is 17.8 Å². The number of imidazole rings is 1. The molecule has 3 nitrogen and oxygen atoms in total. The summed E-state index contributed by atoms with van der Waals surface area (Å²) in [6, 6.07) is 6.46. The summed E-state index contributed by atoms with van der Waals surface area (Å²) >= 11 is 1.22. The Kier molecular flexibility index (Phi) is 4.15. The zero-order valence-electron chi connectivity index (χ0n) is 9.97. The van der Waals surface area contributed by atoms with E-state index in [1.54, 1.807) is 30.6 Å². The van der Waals surface area contributed by atoms with Crippen LogP contribution < -0.4 is 0 Å². The molecule has 0 fully saturated rings. The fourth-order valence-corrected chi connectivity index (χ4v) is 2.31. The topological polar surface area (TPSA) is 34.9 Å². The van der Waals surface area contributed by atoms with E-state index < -0.39 is 0 Å². The van der Waals surface area contributed by atoms with Gasteiger partial charge >= 0.3 is 0 Å². The van der Waals surface area contributed by atoms with Gasteiger partial charge in [-0.05, 0) is 12.1 Å². The van der Waals surface area contributed by atoms with Gasteiger partial charge in [0, 0.05) is 24.3 Å². The van der Waals surface area contributed by atoms with Gasteiger partial charge in [0.15, 0.2) is 5.78 Å². The highest BCUT2D eigenvalue weighted by atomic mass is 32.2. The van der Waals surface area contributed by atoms with Crippen molar-refractivity contribution in [2.24, 2.45) is 7.05 Å². The quantitative estimate of drug-likeness (QED) is 0.778. The Hall–Kier alpha value is -1.62. The number of carbonyl (C=O) groups is 1. The van der Waals surface area contributed by atoms with Gasteiger partial charge in [0.05, 0.1) is 12.2 Å². The number of rotatable bonds is 5. The first-order chi connectivity index (χ1) is 8.66. The first-order valence-corrected chi connectivity index (χ1v) is 6.50. The Labute approximate surface area is 109 Å². The minimum atomic E-state index is -0.285. The molecule has 5 heteroatoms. The third kappa shape index (κ3) is 3.20. The van der Waals surface area contributed by atoms with Crippen LogP contribution in [0.1, 0.15) is 5.82 Å². The van der Waals surface area contributed by atoms with Crippen molar-refractivity contribution in [2.45, 2.75) is 11.3 Å². The zero-order chi connectivity index (χ0) is 13.0. The lowest BCUT2D eigenvalue weighted by molar-refractivity contribution is -0.116. The van der Waals surface area contributed by atoms with Crippen LogP contribution in [0.4, 0.5) is 4.39 Å². The third-order valence-corrected chi connectivity index (χ3v) is 3.61. The lowest BCUT2D eigenvalue weighted by atomic mass is 10.3. The Balaban J connectivity index is 1.90. The van der Waals surface area contributed by atoms with Crippen molar-refractivity contribution < 1.29 is 9.18 Å². The van der Waals surface area contributed by atoms with Crippen LogP contribution in [0.5, 0.6) is 0 Å². The summed E-state index contributed by atoms with van der Waals surface area (Å²) < 4.78 is 15.1. The van der Waals surface area contributed by atoms with E-state index in [9.17, 15) is 9.18 Å². The number of halogens is 1. The molecule has 18 heavy (non-hydrogen) atoms. The molecule has 0 radical (unpaired) electrons. The Morgan fingerprint density at radius 1 is 1.44 bits per heavy atom. The number of nitrogens with zero attached hydrogens (tertiary/aromatic N) is 2. The van der Waals surface area contributed by atoms with Crippen LogP contribution in [-0.2, 0) is 18.3 Å². The number of Topliss-reactive ketones (excluding diaryl/α,β-unsaturated/α-hetero) is 1. The molecule has 1 aromatic carbocycles. The van der Waals surface area contributed by atoms with Gasteiger partial charge in [-0.3, -0.25) is 4.79 Å². The van der Waals surface area contributed by atoms with Crippen molar-refractivity contribution >= 4 is 17.5 Å². The van der Waals surface area contributed by atoms with E-state index in [-0.39, 0.29) is 23.8 Å². The molecular weight excluding hydrogens is 251 g/mol. The molecular formula is C13H13FN2OS. The fraction of sp³-hybridized carbons (Fsp3) is 0.231. The number of carbonyl (C=O) groups excluding carboxylic acids is 1. The number of hydrogen-bond acceptors (Lipinski definition) is 3. The molecule has 0 aliphatic carbocycles. The van der Waals surface area contributed by atoms with E-state index in [4.69, 9.17) is 0 Å². The van der Waals surface area contributed by atoms with E-state index in [2.05, 4.69) is 4.98 Å². The highest BCUT2D eigenvalue weighted by Gasteiger charge is 2.09. The molecule has 94 valence electrons. The van der Waals surface area contributed by atoms with Crippen LogP contribution >= 0.6 is 11.8 Å². The van der Waals surface area contributed by atoms with Gasteiger partial charge in [-0.1, -0.05) is 12.1 Å². The summed E-state index contributed by atoms with van der Waals surface area (Å²) in [6.45, 7) is 0. The highest BCUT2D eigenvalue weighted by molar-refractivity contribution is 8.00. The van der Waals surface area contributed by atoms with Crippen LogP contribution in [0, 0.1) is 5.82 Å². The van der Waals surface area contributed by atoms with Crippen LogP contribution in [0.2, 0.25) is 0 Å². The summed E-state index contributed by atoms with van der Waals surface area (Å²) in [5, 5.41) is 0. The molecule has 0 aliphatic heterocycles. The lowest BCUT2D eigenvalue weighted by Crippen LogP contribution is -2.10. The highest BCUT2D eigenvalue weighted by Crippen LogP contribution is 2.21. The maximum absolute atomic E-state index is 13.3.